The number of benzene rings is 1. The summed E-state index contributed by atoms with van der Waals surface area (Å²) in [5, 5.41) is 10.2. The molecule has 2 unspecified atom stereocenters. The lowest BCUT2D eigenvalue weighted by atomic mass is 9.72. The molecule has 0 aromatic heterocycles. The Hall–Kier alpha value is -1.46. The van der Waals surface area contributed by atoms with E-state index in [1.165, 1.54) is 12.1 Å². The standard InChI is InChI=1S/C20H28FNO3/c1-22(14-15-4-2-3-5-18(15)23)19(24)20(10-12-25-13-11-20)16-6-8-17(21)9-7-16/h6-9,15,18,23H,2-5,10-14H2,1H3. The van der Waals surface area contributed by atoms with Gasteiger partial charge in [0.15, 0.2) is 0 Å². The van der Waals surface area contributed by atoms with Crippen LogP contribution in [-0.2, 0) is 14.9 Å². The molecule has 0 bridgehead atoms. The van der Waals surface area contributed by atoms with Crippen LogP contribution in [0.1, 0.15) is 44.1 Å². The lowest BCUT2D eigenvalue weighted by Gasteiger charge is -2.40. The second-order valence-corrected chi connectivity index (χ2v) is 7.50. The van der Waals surface area contributed by atoms with E-state index >= 15 is 0 Å². The fourth-order valence-electron chi connectivity index (χ4n) is 4.32. The number of hydrogen-bond acceptors (Lipinski definition) is 3. The van der Waals surface area contributed by atoms with Gasteiger partial charge in [-0.05, 0) is 43.4 Å². The van der Waals surface area contributed by atoms with Crippen LogP contribution >= 0.6 is 0 Å². The fraction of sp³-hybridized carbons (Fsp3) is 0.650. The van der Waals surface area contributed by atoms with Crippen molar-refractivity contribution in [1.82, 2.24) is 4.90 Å². The molecule has 1 aromatic rings. The van der Waals surface area contributed by atoms with Gasteiger partial charge in [0.1, 0.15) is 5.82 Å². The van der Waals surface area contributed by atoms with Gasteiger partial charge in [-0.15, -0.1) is 0 Å². The first kappa shape index (κ1) is 18.3. The van der Waals surface area contributed by atoms with Crippen LogP contribution in [0.5, 0.6) is 0 Å². The monoisotopic (exact) mass is 349 g/mol. The van der Waals surface area contributed by atoms with Crippen LogP contribution in [0.25, 0.3) is 0 Å². The maximum atomic E-state index is 13.4. The second kappa shape index (κ2) is 7.83. The van der Waals surface area contributed by atoms with E-state index in [4.69, 9.17) is 4.74 Å². The molecular weight excluding hydrogens is 321 g/mol. The van der Waals surface area contributed by atoms with Crippen molar-refractivity contribution >= 4 is 5.91 Å². The van der Waals surface area contributed by atoms with Crippen molar-refractivity contribution in [3.8, 4) is 0 Å². The first-order chi connectivity index (χ1) is 12.0. The molecule has 2 atom stereocenters. The van der Waals surface area contributed by atoms with Gasteiger partial charge in [-0.2, -0.15) is 0 Å². The van der Waals surface area contributed by atoms with Gasteiger partial charge in [0.2, 0.25) is 5.91 Å². The van der Waals surface area contributed by atoms with E-state index in [2.05, 4.69) is 0 Å². The molecule has 1 heterocycles. The number of halogens is 1. The summed E-state index contributed by atoms with van der Waals surface area (Å²) in [7, 11) is 1.82. The molecule has 1 N–H and O–H groups in total. The van der Waals surface area contributed by atoms with E-state index in [-0.39, 0.29) is 23.7 Å². The lowest BCUT2D eigenvalue weighted by Crippen LogP contribution is -2.50. The van der Waals surface area contributed by atoms with Gasteiger partial charge in [0, 0.05) is 32.7 Å². The molecule has 1 aliphatic carbocycles. The summed E-state index contributed by atoms with van der Waals surface area (Å²) in [5.74, 6) is -0.0925. The Balaban J connectivity index is 1.80. The van der Waals surface area contributed by atoms with Crippen LogP contribution in [0.3, 0.4) is 0 Å². The third-order valence-corrected chi connectivity index (χ3v) is 5.88. The van der Waals surface area contributed by atoms with Crippen LogP contribution in [-0.4, -0.2) is 48.8 Å². The molecule has 1 amide bonds. The number of aliphatic hydroxyl groups is 1. The predicted molar refractivity (Wildman–Crippen MR) is 93.7 cm³/mol. The number of hydrogen-bond donors (Lipinski definition) is 1. The fourth-order valence-corrected chi connectivity index (χ4v) is 4.32. The van der Waals surface area contributed by atoms with Crippen molar-refractivity contribution in [2.45, 2.75) is 50.0 Å². The number of rotatable bonds is 4. The number of likely N-dealkylation sites (N-methyl/N-ethyl adjacent to an activating group) is 1. The number of ether oxygens (including phenoxy) is 1. The first-order valence-electron chi connectivity index (χ1n) is 9.30. The normalized spacial score (nSPS) is 26.2. The molecule has 0 radical (unpaired) electrons. The highest BCUT2D eigenvalue weighted by Gasteiger charge is 2.43. The summed E-state index contributed by atoms with van der Waals surface area (Å²) in [4.78, 5) is 15.2. The Bertz CT molecular complexity index is 583. The van der Waals surface area contributed by atoms with E-state index in [9.17, 15) is 14.3 Å². The minimum absolute atomic E-state index is 0.0557. The Morgan fingerprint density at radius 2 is 1.88 bits per heavy atom. The van der Waals surface area contributed by atoms with Gasteiger partial charge >= 0.3 is 0 Å². The van der Waals surface area contributed by atoms with Crippen LogP contribution in [0.4, 0.5) is 4.39 Å². The highest BCUT2D eigenvalue weighted by atomic mass is 19.1. The van der Waals surface area contributed by atoms with Crippen molar-refractivity contribution in [2.75, 3.05) is 26.8 Å². The van der Waals surface area contributed by atoms with Gasteiger partial charge in [-0.1, -0.05) is 25.0 Å². The summed E-state index contributed by atoms with van der Waals surface area (Å²) < 4.78 is 18.8. The average molecular weight is 349 g/mol. The van der Waals surface area contributed by atoms with E-state index in [1.54, 1.807) is 17.0 Å². The molecule has 3 rings (SSSR count). The number of nitrogens with zero attached hydrogens (tertiary/aromatic N) is 1. The van der Waals surface area contributed by atoms with Crippen molar-refractivity contribution in [1.29, 1.82) is 0 Å². The van der Waals surface area contributed by atoms with Crippen LogP contribution in [0.2, 0.25) is 0 Å². The SMILES string of the molecule is CN(CC1CCCCC1O)C(=O)C1(c2ccc(F)cc2)CCOCC1. The molecule has 1 aromatic carbocycles. The Kier molecular flexibility index (Phi) is 5.74. The topological polar surface area (TPSA) is 49.8 Å². The smallest absolute Gasteiger partial charge is 0.233 e. The van der Waals surface area contributed by atoms with Crippen molar-refractivity contribution in [3.05, 3.63) is 35.6 Å². The Labute approximate surface area is 149 Å². The molecule has 1 saturated carbocycles. The van der Waals surface area contributed by atoms with Crippen LogP contribution in [0, 0.1) is 11.7 Å². The highest BCUT2D eigenvalue weighted by Crippen LogP contribution is 2.37. The molecular formula is C20H28FNO3. The zero-order valence-electron chi connectivity index (χ0n) is 14.9. The number of carbonyl (C=O) groups is 1. The largest absolute Gasteiger partial charge is 0.393 e. The maximum Gasteiger partial charge on any atom is 0.233 e. The summed E-state index contributed by atoms with van der Waals surface area (Å²) in [6.07, 6.45) is 4.85. The van der Waals surface area contributed by atoms with Crippen LogP contribution in [0.15, 0.2) is 24.3 Å². The lowest BCUT2D eigenvalue weighted by molar-refractivity contribution is -0.141. The van der Waals surface area contributed by atoms with Gasteiger partial charge in [0.25, 0.3) is 0 Å². The van der Waals surface area contributed by atoms with Crippen molar-refractivity contribution < 1.29 is 19.0 Å². The molecule has 1 saturated heterocycles. The maximum absolute atomic E-state index is 13.4. The second-order valence-electron chi connectivity index (χ2n) is 7.50. The van der Waals surface area contributed by atoms with E-state index in [1.807, 2.05) is 7.05 Å². The predicted octanol–water partition coefficient (Wildman–Crippen LogP) is 2.88. The van der Waals surface area contributed by atoms with Gasteiger partial charge in [-0.25, -0.2) is 4.39 Å². The molecule has 2 fully saturated rings. The quantitative estimate of drug-likeness (QED) is 0.909. The summed E-state index contributed by atoms with van der Waals surface area (Å²) in [6, 6.07) is 6.29. The molecule has 2 aliphatic rings. The Morgan fingerprint density at radius 1 is 1.24 bits per heavy atom. The minimum atomic E-state index is -0.652. The van der Waals surface area contributed by atoms with Gasteiger partial charge < -0.3 is 14.7 Å². The van der Waals surface area contributed by atoms with E-state index < -0.39 is 5.41 Å². The van der Waals surface area contributed by atoms with Gasteiger partial charge in [0.05, 0.1) is 11.5 Å². The first-order valence-corrected chi connectivity index (χ1v) is 9.30. The summed E-state index contributed by atoms with van der Waals surface area (Å²) in [6.45, 7) is 1.63. The van der Waals surface area contributed by atoms with Crippen molar-refractivity contribution in [3.63, 3.8) is 0 Å². The van der Waals surface area contributed by atoms with E-state index in [0.717, 1.165) is 31.2 Å². The molecule has 5 heteroatoms. The third-order valence-electron chi connectivity index (χ3n) is 5.88. The minimum Gasteiger partial charge on any atom is -0.393 e. The van der Waals surface area contributed by atoms with Gasteiger partial charge in [-0.3, -0.25) is 4.79 Å². The number of carbonyl (C=O) groups excluding carboxylic acids is 1. The molecule has 25 heavy (non-hydrogen) atoms. The highest BCUT2D eigenvalue weighted by molar-refractivity contribution is 5.88. The van der Waals surface area contributed by atoms with E-state index in [0.29, 0.717) is 32.6 Å². The van der Waals surface area contributed by atoms with Crippen molar-refractivity contribution in [2.24, 2.45) is 5.92 Å². The molecule has 0 spiro atoms. The average Bonchev–Trinajstić information content (AvgIpc) is 2.64. The zero-order valence-corrected chi connectivity index (χ0v) is 14.9. The number of amides is 1. The third kappa shape index (κ3) is 3.87. The molecule has 4 nitrogen and oxygen atoms in total. The zero-order chi connectivity index (χ0) is 17.9. The summed E-state index contributed by atoms with van der Waals surface area (Å²) in [5.41, 5.74) is 0.207. The number of aliphatic hydroxyl groups excluding tert-OH is 1. The molecule has 1 aliphatic heterocycles. The molecule has 138 valence electrons. The summed E-state index contributed by atoms with van der Waals surface area (Å²) >= 11 is 0. The Morgan fingerprint density at radius 3 is 2.52 bits per heavy atom. The van der Waals surface area contributed by atoms with Crippen LogP contribution < -0.4 is 0 Å².